The first-order chi connectivity index (χ1) is 6.41. The van der Waals surface area contributed by atoms with E-state index < -0.39 is 0 Å². The molecule has 0 aromatic rings. The molecule has 0 spiro atoms. The van der Waals surface area contributed by atoms with Crippen molar-refractivity contribution in [2.75, 3.05) is 6.61 Å². The summed E-state index contributed by atoms with van der Waals surface area (Å²) in [7, 11) is 0. The number of hydrogen-bond acceptors (Lipinski definition) is 2. The molecule has 1 heterocycles. The molecule has 82 valence electrons. The van der Waals surface area contributed by atoms with Crippen molar-refractivity contribution in [3.63, 3.8) is 0 Å². The number of ether oxygens (including phenoxy) is 1. The van der Waals surface area contributed by atoms with Crippen LogP contribution in [-0.4, -0.2) is 24.7 Å². The maximum Gasteiger partial charge on any atom is 0.249 e. The van der Waals surface area contributed by atoms with Crippen LogP contribution in [0.15, 0.2) is 0 Å². The maximum atomic E-state index is 11.7. The van der Waals surface area contributed by atoms with Crippen LogP contribution in [0.3, 0.4) is 0 Å². The van der Waals surface area contributed by atoms with Gasteiger partial charge < -0.3 is 10.1 Å². The fraction of sp³-hybridized carbons (Fsp3) is 0.909. The molecule has 0 aliphatic carbocycles. The van der Waals surface area contributed by atoms with Gasteiger partial charge in [0.05, 0.1) is 0 Å². The third-order valence-corrected chi connectivity index (χ3v) is 2.88. The van der Waals surface area contributed by atoms with Gasteiger partial charge >= 0.3 is 0 Å². The smallest absolute Gasteiger partial charge is 0.249 e. The molecule has 0 saturated carbocycles. The third-order valence-electron chi connectivity index (χ3n) is 2.88. The van der Waals surface area contributed by atoms with Gasteiger partial charge in [-0.25, -0.2) is 0 Å². The molecule has 0 aromatic heterocycles. The fourth-order valence-corrected chi connectivity index (χ4v) is 1.31. The molecule has 0 bridgehead atoms. The fourth-order valence-electron chi connectivity index (χ4n) is 1.31. The number of carbonyl (C=O) groups excluding carboxylic acids is 1. The van der Waals surface area contributed by atoms with Crippen molar-refractivity contribution in [3.8, 4) is 0 Å². The standard InChI is InChI=1S/C11H21NO2/c1-8(11(2,3)4)12-10(13)9-6-5-7-14-9/h8-9H,5-7H2,1-4H3,(H,12,13). The van der Waals surface area contributed by atoms with Crippen molar-refractivity contribution in [3.05, 3.63) is 0 Å². The van der Waals surface area contributed by atoms with Gasteiger partial charge in [-0.1, -0.05) is 20.8 Å². The van der Waals surface area contributed by atoms with E-state index in [0.29, 0.717) is 0 Å². The lowest BCUT2D eigenvalue weighted by Gasteiger charge is -2.28. The molecule has 14 heavy (non-hydrogen) atoms. The van der Waals surface area contributed by atoms with Gasteiger partial charge in [0.2, 0.25) is 5.91 Å². The molecule has 3 nitrogen and oxygen atoms in total. The van der Waals surface area contributed by atoms with Crippen molar-refractivity contribution in [1.82, 2.24) is 5.32 Å². The second-order valence-corrected chi connectivity index (χ2v) is 5.10. The van der Waals surface area contributed by atoms with E-state index in [9.17, 15) is 4.79 Å². The van der Waals surface area contributed by atoms with Crippen LogP contribution in [0.2, 0.25) is 0 Å². The number of amides is 1. The van der Waals surface area contributed by atoms with Crippen LogP contribution < -0.4 is 5.32 Å². The van der Waals surface area contributed by atoms with Gasteiger partial charge in [-0.05, 0) is 25.2 Å². The Kier molecular flexibility index (Phi) is 3.53. The average Bonchev–Trinajstić information content (AvgIpc) is 2.53. The summed E-state index contributed by atoms with van der Waals surface area (Å²) in [4.78, 5) is 11.7. The van der Waals surface area contributed by atoms with Crippen LogP contribution in [0.25, 0.3) is 0 Å². The van der Waals surface area contributed by atoms with Crippen LogP contribution in [0.1, 0.15) is 40.5 Å². The van der Waals surface area contributed by atoms with E-state index in [0.717, 1.165) is 19.4 Å². The van der Waals surface area contributed by atoms with E-state index in [-0.39, 0.29) is 23.5 Å². The Labute approximate surface area is 86.2 Å². The summed E-state index contributed by atoms with van der Waals surface area (Å²) >= 11 is 0. The Morgan fingerprint density at radius 2 is 2.14 bits per heavy atom. The van der Waals surface area contributed by atoms with E-state index in [2.05, 4.69) is 26.1 Å². The van der Waals surface area contributed by atoms with Crippen LogP contribution in [-0.2, 0) is 9.53 Å². The molecule has 1 aliphatic rings. The first-order valence-electron chi connectivity index (χ1n) is 5.33. The average molecular weight is 199 g/mol. The quantitative estimate of drug-likeness (QED) is 0.735. The molecule has 0 aromatic carbocycles. The molecule has 1 aliphatic heterocycles. The Balaban J connectivity index is 2.40. The summed E-state index contributed by atoms with van der Waals surface area (Å²) in [6.07, 6.45) is 1.66. The van der Waals surface area contributed by atoms with E-state index in [1.165, 1.54) is 0 Å². The van der Waals surface area contributed by atoms with Crippen LogP contribution >= 0.6 is 0 Å². The lowest BCUT2D eigenvalue weighted by Crippen LogP contribution is -2.45. The Morgan fingerprint density at radius 1 is 1.50 bits per heavy atom. The van der Waals surface area contributed by atoms with Gasteiger partial charge in [0, 0.05) is 12.6 Å². The maximum absolute atomic E-state index is 11.7. The molecular weight excluding hydrogens is 178 g/mol. The molecule has 1 saturated heterocycles. The van der Waals surface area contributed by atoms with Gasteiger partial charge in [-0.2, -0.15) is 0 Å². The van der Waals surface area contributed by atoms with Crippen molar-refractivity contribution in [2.24, 2.45) is 5.41 Å². The van der Waals surface area contributed by atoms with Crippen LogP contribution in [0.4, 0.5) is 0 Å². The molecule has 1 rings (SSSR count). The van der Waals surface area contributed by atoms with E-state index in [1.807, 2.05) is 6.92 Å². The van der Waals surface area contributed by atoms with Crippen LogP contribution in [0, 0.1) is 5.41 Å². The first kappa shape index (κ1) is 11.5. The summed E-state index contributed by atoms with van der Waals surface area (Å²) in [5, 5.41) is 3.00. The molecule has 2 unspecified atom stereocenters. The second-order valence-electron chi connectivity index (χ2n) is 5.10. The first-order valence-corrected chi connectivity index (χ1v) is 5.33. The summed E-state index contributed by atoms with van der Waals surface area (Å²) < 4.78 is 5.32. The minimum atomic E-state index is -0.209. The van der Waals surface area contributed by atoms with Crippen molar-refractivity contribution in [2.45, 2.75) is 52.7 Å². The molecule has 1 amide bonds. The highest BCUT2D eigenvalue weighted by Crippen LogP contribution is 2.19. The highest BCUT2D eigenvalue weighted by Gasteiger charge is 2.28. The number of rotatable bonds is 2. The molecule has 3 heteroatoms. The minimum Gasteiger partial charge on any atom is -0.368 e. The predicted octanol–water partition coefficient (Wildman–Crippen LogP) is 1.72. The highest BCUT2D eigenvalue weighted by molar-refractivity contribution is 5.81. The predicted molar refractivity (Wildman–Crippen MR) is 56.0 cm³/mol. The van der Waals surface area contributed by atoms with Gasteiger partial charge in [-0.3, -0.25) is 4.79 Å². The zero-order valence-corrected chi connectivity index (χ0v) is 9.59. The Bertz CT molecular complexity index is 202. The molecule has 0 radical (unpaired) electrons. The summed E-state index contributed by atoms with van der Waals surface area (Å²) in [6, 6.07) is 0.180. The zero-order chi connectivity index (χ0) is 10.8. The molecule has 1 fully saturated rings. The summed E-state index contributed by atoms with van der Waals surface area (Å²) in [5.41, 5.74) is 0.105. The number of carbonyl (C=O) groups is 1. The largest absolute Gasteiger partial charge is 0.368 e. The lowest BCUT2D eigenvalue weighted by atomic mass is 9.88. The second kappa shape index (κ2) is 4.30. The van der Waals surface area contributed by atoms with Gasteiger partial charge in [0.25, 0.3) is 0 Å². The normalized spacial score (nSPS) is 24.7. The third kappa shape index (κ3) is 2.98. The minimum absolute atomic E-state index is 0.0462. The topological polar surface area (TPSA) is 38.3 Å². The Morgan fingerprint density at radius 3 is 2.57 bits per heavy atom. The van der Waals surface area contributed by atoms with E-state index in [1.54, 1.807) is 0 Å². The molecule has 2 atom stereocenters. The SMILES string of the molecule is CC(NC(=O)C1CCCO1)C(C)(C)C. The Hall–Kier alpha value is -0.570. The van der Waals surface area contributed by atoms with E-state index >= 15 is 0 Å². The van der Waals surface area contributed by atoms with E-state index in [4.69, 9.17) is 4.74 Å². The van der Waals surface area contributed by atoms with Crippen molar-refractivity contribution < 1.29 is 9.53 Å². The zero-order valence-electron chi connectivity index (χ0n) is 9.59. The van der Waals surface area contributed by atoms with Gasteiger partial charge in [-0.15, -0.1) is 0 Å². The number of hydrogen-bond donors (Lipinski definition) is 1. The highest BCUT2D eigenvalue weighted by atomic mass is 16.5. The molecular formula is C11H21NO2. The number of nitrogens with one attached hydrogen (secondary N) is 1. The van der Waals surface area contributed by atoms with Crippen molar-refractivity contribution in [1.29, 1.82) is 0 Å². The van der Waals surface area contributed by atoms with Crippen molar-refractivity contribution >= 4 is 5.91 Å². The monoisotopic (exact) mass is 199 g/mol. The van der Waals surface area contributed by atoms with Gasteiger partial charge in [0.15, 0.2) is 0 Å². The summed E-state index contributed by atoms with van der Waals surface area (Å²) in [6.45, 7) is 9.11. The lowest BCUT2D eigenvalue weighted by molar-refractivity contribution is -0.131. The molecule has 1 N–H and O–H groups in total. The van der Waals surface area contributed by atoms with Gasteiger partial charge in [0.1, 0.15) is 6.10 Å². The van der Waals surface area contributed by atoms with Crippen LogP contribution in [0.5, 0.6) is 0 Å². The summed E-state index contributed by atoms with van der Waals surface area (Å²) in [5.74, 6) is 0.0462.